The Morgan fingerprint density at radius 2 is 1.95 bits per heavy atom. The van der Waals surface area contributed by atoms with E-state index in [0.717, 1.165) is 27.4 Å². The second-order valence-corrected chi connectivity index (χ2v) is 6.83. The van der Waals surface area contributed by atoms with Gasteiger partial charge in [0.2, 0.25) is 0 Å². The summed E-state index contributed by atoms with van der Waals surface area (Å²) in [6.45, 7) is 11.3. The molecule has 0 saturated carbocycles. The molecule has 0 unspecified atom stereocenters. The first-order valence-electron chi connectivity index (χ1n) is 6.71. The van der Waals surface area contributed by atoms with Crippen LogP contribution >= 0.6 is 22.6 Å². The standard InChI is InChI=1S/C15H20IN3O/c1-6-17-14-11(16)12(15(3,4)5)18-13(19-14)10-8-7-9(2)20-10/h7-8H,6H2,1-5H3,(H,17,18,19). The van der Waals surface area contributed by atoms with Gasteiger partial charge in [0, 0.05) is 12.0 Å². The van der Waals surface area contributed by atoms with E-state index >= 15 is 0 Å². The molecule has 0 fully saturated rings. The molecule has 20 heavy (non-hydrogen) atoms. The summed E-state index contributed by atoms with van der Waals surface area (Å²) in [6.07, 6.45) is 0. The van der Waals surface area contributed by atoms with Crippen LogP contribution in [0.2, 0.25) is 0 Å². The molecular weight excluding hydrogens is 365 g/mol. The van der Waals surface area contributed by atoms with Gasteiger partial charge in [-0.25, -0.2) is 9.97 Å². The van der Waals surface area contributed by atoms with Gasteiger partial charge in [0.05, 0.1) is 9.26 Å². The number of nitrogens with one attached hydrogen (secondary N) is 1. The van der Waals surface area contributed by atoms with E-state index in [2.05, 4.69) is 60.6 Å². The molecule has 108 valence electrons. The van der Waals surface area contributed by atoms with E-state index in [0.29, 0.717) is 11.6 Å². The first-order valence-corrected chi connectivity index (χ1v) is 7.79. The van der Waals surface area contributed by atoms with Crippen molar-refractivity contribution in [1.29, 1.82) is 0 Å². The van der Waals surface area contributed by atoms with Crippen molar-refractivity contribution in [2.75, 3.05) is 11.9 Å². The highest BCUT2D eigenvalue weighted by Gasteiger charge is 2.24. The average molecular weight is 385 g/mol. The van der Waals surface area contributed by atoms with E-state index < -0.39 is 0 Å². The van der Waals surface area contributed by atoms with Crippen LogP contribution in [-0.2, 0) is 5.41 Å². The largest absolute Gasteiger partial charge is 0.458 e. The third kappa shape index (κ3) is 3.13. The lowest BCUT2D eigenvalue weighted by Gasteiger charge is -2.21. The topological polar surface area (TPSA) is 51.0 Å². The Morgan fingerprint density at radius 1 is 1.25 bits per heavy atom. The Bertz CT molecular complexity index is 614. The number of aromatic nitrogens is 2. The van der Waals surface area contributed by atoms with Crippen LogP contribution in [0.3, 0.4) is 0 Å². The highest BCUT2D eigenvalue weighted by molar-refractivity contribution is 14.1. The monoisotopic (exact) mass is 385 g/mol. The van der Waals surface area contributed by atoms with Crippen molar-refractivity contribution in [2.24, 2.45) is 0 Å². The first kappa shape index (κ1) is 15.3. The molecule has 4 nitrogen and oxygen atoms in total. The zero-order valence-corrected chi connectivity index (χ0v) is 14.7. The smallest absolute Gasteiger partial charge is 0.197 e. The molecule has 2 heterocycles. The maximum absolute atomic E-state index is 5.65. The van der Waals surface area contributed by atoms with Gasteiger partial charge in [-0.1, -0.05) is 20.8 Å². The molecule has 5 heteroatoms. The molecular formula is C15H20IN3O. The Kier molecular flexibility index (Phi) is 4.36. The fourth-order valence-corrected chi connectivity index (χ4v) is 3.13. The van der Waals surface area contributed by atoms with Crippen LogP contribution in [0.1, 0.15) is 39.1 Å². The van der Waals surface area contributed by atoms with Crippen molar-refractivity contribution in [1.82, 2.24) is 9.97 Å². The van der Waals surface area contributed by atoms with Crippen LogP contribution in [0.15, 0.2) is 16.5 Å². The summed E-state index contributed by atoms with van der Waals surface area (Å²) in [6, 6.07) is 3.85. The molecule has 1 N–H and O–H groups in total. The predicted octanol–water partition coefficient (Wildman–Crippen LogP) is 4.38. The second kappa shape index (κ2) is 5.71. The Labute approximate surface area is 133 Å². The molecule has 2 aromatic heterocycles. The highest BCUT2D eigenvalue weighted by Crippen LogP contribution is 2.32. The summed E-state index contributed by atoms with van der Waals surface area (Å²) in [4.78, 5) is 9.31. The van der Waals surface area contributed by atoms with Gasteiger partial charge in [-0.15, -0.1) is 0 Å². The average Bonchev–Trinajstić information content (AvgIpc) is 2.77. The molecule has 2 rings (SSSR count). The molecule has 0 spiro atoms. The van der Waals surface area contributed by atoms with E-state index in [1.165, 1.54) is 0 Å². The molecule has 0 aliphatic heterocycles. The zero-order valence-electron chi connectivity index (χ0n) is 12.5. The molecule has 0 bridgehead atoms. The van der Waals surface area contributed by atoms with Crippen LogP contribution in [0.25, 0.3) is 11.6 Å². The minimum absolute atomic E-state index is 0.0416. The maximum atomic E-state index is 5.65. The van der Waals surface area contributed by atoms with E-state index in [1.54, 1.807) is 0 Å². The predicted molar refractivity (Wildman–Crippen MR) is 90.1 cm³/mol. The lowest BCUT2D eigenvalue weighted by atomic mass is 9.92. The Hall–Kier alpha value is -1.11. The van der Waals surface area contributed by atoms with Crippen molar-refractivity contribution in [2.45, 2.75) is 40.0 Å². The van der Waals surface area contributed by atoms with Gasteiger partial charge in [0.25, 0.3) is 0 Å². The summed E-state index contributed by atoms with van der Waals surface area (Å²) >= 11 is 2.31. The number of hydrogen-bond donors (Lipinski definition) is 1. The van der Waals surface area contributed by atoms with Crippen molar-refractivity contribution < 1.29 is 4.42 Å². The number of rotatable bonds is 3. The van der Waals surface area contributed by atoms with Crippen LogP contribution in [0, 0.1) is 10.5 Å². The van der Waals surface area contributed by atoms with Gasteiger partial charge >= 0.3 is 0 Å². The molecule has 0 radical (unpaired) electrons. The van der Waals surface area contributed by atoms with Gasteiger partial charge in [-0.3, -0.25) is 0 Å². The van der Waals surface area contributed by atoms with Crippen molar-refractivity contribution in [3.8, 4) is 11.6 Å². The van der Waals surface area contributed by atoms with E-state index in [9.17, 15) is 0 Å². The Balaban J connectivity index is 2.61. The van der Waals surface area contributed by atoms with Crippen LogP contribution in [0.5, 0.6) is 0 Å². The summed E-state index contributed by atoms with van der Waals surface area (Å²) < 4.78 is 6.73. The van der Waals surface area contributed by atoms with Gasteiger partial charge < -0.3 is 9.73 Å². The number of furan rings is 1. The van der Waals surface area contributed by atoms with Gasteiger partial charge in [-0.2, -0.15) is 0 Å². The number of hydrogen-bond acceptors (Lipinski definition) is 4. The van der Waals surface area contributed by atoms with Gasteiger partial charge in [-0.05, 0) is 48.6 Å². The van der Waals surface area contributed by atoms with E-state index in [4.69, 9.17) is 9.40 Å². The summed E-state index contributed by atoms with van der Waals surface area (Å²) in [5.41, 5.74) is 0.994. The molecule has 0 aromatic carbocycles. The number of anilines is 1. The lowest BCUT2D eigenvalue weighted by Crippen LogP contribution is -2.19. The molecule has 0 saturated heterocycles. The minimum atomic E-state index is -0.0416. The normalized spacial score (nSPS) is 11.7. The van der Waals surface area contributed by atoms with Gasteiger partial charge in [0.1, 0.15) is 11.6 Å². The van der Waals surface area contributed by atoms with Crippen molar-refractivity contribution in [3.63, 3.8) is 0 Å². The molecule has 2 aromatic rings. The summed E-state index contributed by atoms with van der Waals surface area (Å²) in [5, 5.41) is 3.30. The third-order valence-electron chi connectivity index (χ3n) is 2.87. The fourth-order valence-electron chi connectivity index (χ4n) is 1.89. The highest BCUT2D eigenvalue weighted by atomic mass is 127. The summed E-state index contributed by atoms with van der Waals surface area (Å²) in [7, 11) is 0. The van der Waals surface area contributed by atoms with Crippen LogP contribution in [0.4, 0.5) is 5.82 Å². The third-order valence-corrected chi connectivity index (χ3v) is 3.89. The van der Waals surface area contributed by atoms with Crippen LogP contribution < -0.4 is 5.32 Å². The van der Waals surface area contributed by atoms with Gasteiger partial charge in [0.15, 0.2) is 11.6 Å². The maximum Gasteiger partial charge on any atom is 0.197 e. The molecule has 0 aliphatic rings. The molecule has 0 atom stereocenters. The van der Waals surface area contributed by atoms with Crippen molar-refractivity contribution >= 4 is 28.4 Å². The SMILES string of the molecule is CCNc1nc(-c2ccc(C)o2)nc(C(C)(C)C)c1I. The van der Waals surface area contributed by atoms with Crippen LogP contribution in [-0.4, -0.2) is 16.5 Å². The second-order valence-electron chi connectivity index (χ2n) is 5.75. The molecule has 0 aliphatic carbocycles. The number of aryl methyl sites for hydroxylation is 1. The number of halogens is 1. The number of nitrogens with zero attached hydrogens (tertiary/aromatic N) is 2. The summed E-state index contributed by atoms with van der Waals surface area (Å²) in [5.74, 6) is 3.09. The quantitative estimate of drug-likeness (QED) is 0.797. The first-order chi connectivity index (χ1) is 9.32. The minimum Gasteiger partial charge on any atom is -0.458 e. The fraction of sp³-hybridized carbons (Fsp3) is 0.467. The van der Waals surface area contributed by atoms with Crippen molar-refractivity contribution in [3.05, 3.63) is 27.2 Å². The lowest BCUT2D eigenvalue weighted by molar-refractivity contribution is 0.537. The Morgan fingerprint density at radius 3 is 2.45 bits per heavy atom. The van der Waals surface area contributed by atoms with E-state index in [1.807, 2.05) is 19.1 Å². The zero-order chi connectivity index (χ0) is 14.9. The molecule has 0 amide bonds. The van der Waals surface area contributed by atoms with E-state index in [-0.39, 0.29) is 5.41 Å².